The number of aliphatic imine (C=N–C) groups is 1. The number of carbonyl (C=O) groups is 2. The minimum atomic E-state index is -4.54. The van der Waals surface area contributed by atoms with Gasteiger partial charge in [-0.1, -0.05) is 17.8 Å². The van der Waals surface area contributed by atoms with Gasteiger partial charge in [-0.2, -0.15) is 13.2 Å². The summed E-state index contributed by atoms with van der Waals surface area (Å²) in [7, 11) is -3.84. The van der Waals surface area contributed by atoms with Crippen molar-refractivity contribution in [1.29, 1.82) is 0 Å². The van der Waals surface area contributed by atoms with Gasteiger partial charge in [0.05, 0.1) is 16.1 Å². The summed E-state index contributed by atoms with van der Waals surface area (Å²) in [4.78, 5) is 28.3. The molecular weight excluding hydrogens is 457 g/mol. The van der Waals surface area contributed by atoms with Crippen LogP contribution in [0.5, 0.6) is 0 Å². The van der Waals surface area contributed by atoms with Gasteiger partial charge in [-0.15, -0.1) is 0 Å². The average Bonchev–Trinajstić information content (AvgIpc) is 2.99. The smallest absolute Gasteiger partial charge is 0.326 e. The molecule has 1 heterocycles. The molecule has 164 valence electrons. The summed E-state index contributed by atoms with van der Waals surface area (Å²) in [5.74, 6) is -1.12. The fourth-order valence-corrected chi connectivity index (χ4v) is 4.08. The Morgan fingerprint density at radius 2 is 1.87 bits per heavy atom. The monoisotopic (exact) mass is 472 g/mol. The topological polar surface area (TPSA) is 131 Å². The van der Waals surface area contributed by atoms with E-state index in [1.54, 1.807) is 0 Å². The number of benzene rings is 2. The van der Waals surface area contributed by atoms with Crippen molar-refractivity contribution in [3.05, 3.63) is 54.1 Å². The number of sulfonamides is 1. The predicted molar refractivity (Wildman–Crippen MR) is 109 cm³/mol. The third-order valence-corrected chi connectivity index (χ3v) is 6.03. The second-order valence-electron chi connectivity index (χ2n) is 6.38. The maximum atomic E-state index is 12.8. The Morgan fingerprint density at radius 3 is 2.48 bits per heavy atom. The highest BCUT2D eigenvalue weighted by Crippen LogP contribution is 2.31. The lowest BCUT2D eigenvalue weighted by Crippen LogP contribution is -2.28. The Bertz CT molecular complexity index is 1150. The Balaban J connectivity index is 1.63. The molecule has 1 saturated heterocycles. The Morgan fingerprint density at radius 1 is 1.19 bits per heavy atom. The molecule has 0 aromatic heterocycles. The van der Waals surface area contributed by atoms with Gasteiger partial charge in [-0.25, -0.2) is 18.5 Å². The Hall–Kier alpha value is -2.90. The van der Waals surface area contributed by atoms with E-state index in [0.717, 1.165) is 23.9 Å². The van der Waals surface area contributed by atoms with Crippen LogP contribution in [0.4, 0.5) is 24.5 Å². The van der Waals surface area contributed by atoms with Crippen LogP contribution in [0.1, 0.15) is 12.0 Å². The molecule has 8 nitrogen and oxygen atoms in total. The number of carbonyl (C=O) groups excluding carboxylic acids is 2. The third-order valence-electron chi connectivity index (χ3n) is 4.02. The van der Waals surface area contributed by atoms with Crippen molar-refractivity contribution in [2.24, 2.45) is 10.1 Å². The fourth-order valence-electron chi connectivity index (χ4n) is 2.57. The highest BCUT2D eigenvalue weighted by Gasteiger charge is 2.33. The van der Waals surface area contributed by atoms with E-state index in [4.69, 9.17) is 5.14 Å². The molecule has 0 saturated carbocycles. The van der Waals surface area contributed by atoms with Gasteiger partial charge < -0.3 is 10.6 Å². The van der Waals surface area contributed by atoms with Crippen molar-refractivity contribution in [3.8, 4) is 0 Å². The van der Waals surface area contributed by atoms with Crippen LogP contribution in [0.25, 0.3) is 0 Å². The Labute approximate surface area is 179 Å². The molecule has 0 radical (unpaired) electrons. The van der Waals surface area contributed by atoms with Crippen molar-refractivity contribution >= 4 is 50.1 Å². The summed E-state index contributed by atoms with van der Waals surface area (Å²) in [5.41, 5.74) is -0.586. The van der Waals surface area contributed by atoms with Crippen LogP contribution in [0, 0.1) is 0 Å². The number of nitrogens with one attached hydrogen (secondary N) is 2. The summed E-state index contributed by atoms with van der Waals surface area (Å²) in [6, 6.07) is 9.48. The number of rotatable bonds is 5. The van der Waals surface area contributed by atoms with E-state index in [1.165, 1.54) is 36.4 Å². The zero-order valence-corrected chi connectivity index (χ0v) is 17.1. The van der Waals surface area contributed by atoms with Gasteiger partial charge in [-0.05, 0) is 42.5 Å². The number of primary sulfonamides is 1. The molecule has 1 unspecified atom stereocenters. The van der Waals surface area contributed by atoms with E-state index >= 15 is 0 Å². The van der Waals surface area contributed by atoms with Crippen molar-refractivity contribution in [2.45, 2.75) is 22.7 Å². The number of hydrogen-bond acceptors (Lipinski definition) is 6. The number of halogens is 3. The zero-order valence-electron chi connectivity index (χ0n) is 15.5. The van der Waals surface area contributed by atoms with E-state index in [0.29, 0.717) is 5.69 Å². The number of nitrogens with zero attached hydrogens (tertiary/aromatic N) is 1. The SMILES string of the molecule is NS(=O)(=O)c1ccc(N=C2NC(=O)C(CC(=O)Nc3cccc(C(F)(F)F)c3)S2)cc1. The molecule has 0 spiro atoms. The molecule has 2 aromatic rings. The van der Waals surface area contributed by atoms with Crippen molar-refractivity contribution in [3.63, 3.8) is 0 Å². The maximum absolute atomic E-state index is 12.8. The zero-order chi connectivity index (χ0) is 22.8. The van der Waals surface area contributed by atoms with Crippen LogP contribution >= 0.6 is 11.8 Å². The molecule has 4 N–H and O–H groups in total. The molecule has 2 amide bonds. The molecule has 0 bridgehead atoms. The first kappa shape index (κ1) is 22.8. The maximum Gasteiger partial charge on any atom is 0.416 e. The molecule has 1 aliphatic heterocycles. The largest absolute Gasteiger partial charge is 0.416 e. The molecule has 1 atom stereocenters. The van der Waals surface area contributed by atoms with Gasteiger partial charge in [0.1, 0.15) is 5.25 Å². The normalized spacial score (nSPS) is 18.1. The summed E-state index contributed by atoms with van der Waals surface area (Å²) in [5, 5.41) is 9.24. The number of amidine groups is 1. The first-order valence-electron chi connectivity index (χ1n) is 8.58. The number of amides is 2. The minimum Gasteiger partial charge on any atom is -0.326 e. The second-order valence-corrected chi connectivity index (χ2v) is 9.14. The van der Waals surface area contributed by atoms with Gasteiger partial charge in [0, 0.05) is 12.1 Å². The molecule has 2 aromatic carbocycles. The predicted octanol–water partition coefficient (Wildman–Crippen LogP) is 2.60. The molecule has 1 aliphatic rings. The van der Waals surface area contributed by atoms with Crippen LogP contribution in [-0.2, 0) is 25.8 Å². The van der Waals surface area contributed by atoms with Crippen LogP contribution in [-0.4, -0.2) is 30.6 Å². The number of hydrogen-bond donors (Lipinski definition) is 3. The van der Waals surface area contributed by atoms with E-state index < -0.39 is 38.8 Å². The van der Waals surface area contributed by atoms with E-state index in [9.17, 15) is 31.2 Å². The van der Waals surface area contributed by atoms with E-state index in [-0.39, 0.29) is 22.2 Å². The Kier molecular flexibility index (Phi) is 6.38. The van der Waals surface area contributed by atoms with Crippen LogP contribution in [0.3, 0.4) is 0 Å². The lowest BCUT2D eigenvalue weighted by atomic mass is 10.2. The fraction of sp³-hybridized carbons (Fsp3) is 0.167. The van der Waals surface area contributed by atoms with Gasteiger partial charge in [0.2, 0.25) is 21.8 Å². The summed E-state index contributed by atoms with van der Waals surface area (Å²) >= 11 is 0.975. The highest BCUT2D eigenvalue weighted by atomic mass is 32.2. The quantitative estimate of drug-likeness (QED) is 0.616. The van der Waals surface area contributed by atoms with Crippen molar-refractivity contribution < 1.29 is 31.2 Å². The lowest BCUT2D eigenvalue weighted by molar-refractivity contribution is -0.137. The molecule has 31 heavy (non-hydrogen) atoms. The third kappa shape index (κ3) is 6.06. The minimum absolute atomic E-state index is 0.0351. The van der Waals surface area contributed by atoms with E-state index in [1.807, 2.05) is 0 Å². The standard InChI is InChI=1S/C18H15F3N4O4S2/c19-18(20,21)10-2-1-3-12(8-10)23-15(26)9-14-16(27)25-17(30-14)24-11-4-6-13(7-5-11)31(22,28)29/h1-8,14H,9H2,(H,23,26)(H2,22,28,29)(H,24,25,27). The first-order valence-corrected chi connectivity index (χ1v) is 11.0. The number of nitrogens with two attached hydrogens (primary N) is 1. The number of anilines is 1. The van der Waals surface area contributed by atoms with Gasteiger partial charge in [-0.3, -0.25) is 9.59 Å². The van der Waals surface area contributed by atoms with Gasteiger partial charge in [0.15, 0.2) is 5.17 Å². The van der Waals surface area contributed by atoms with Crippen molar-refractivity contribution in [1.82, 2.24) is 5.32 Å². The molecule has 1 fully saturated rings. The lowest BCUT2D eigenvalue weighted by Gasteiger charge is -2.10. The van der Waals surface area contributed by atoms with Crippen LogP contribution in [0.2, 0.25) is 0 Å². The second kappa shape index (κ2) is 8.69. The number of alkyl halides is 3. The van der Waals surface area contributed by atoms with Crippen LogP contribution in [0.15, 0.2) is 58.4 Å². The van der Waals surface area contributed by atoms with Gasteiger partial charge >= 0.3 is 6.18 Å². The van der Waals surface area contributed by atoms with Gasteiger partial charge in [0.25, 0.3) is 0 Å². The highest BCUT2D eigenvalue weighted by molar-refractivity contribution is 8.15. The van der Waals surface area contributed by atoms with Crippen LogP contribution < -0.4 is 15.8 Å². The molecular formula is C18H15F3N4O4S2. The average molecular weight is 472 g/mol. The molecule has 13 heteroatoms. The summed E-state index contributed by atoms with van der Waals surface area (Å²) in [6.45, 7) is 0. The van der Waals surface area contributed by atoms with Crippen molar-refractivity contribution in [2.75, 3.05) is 5.32 Å². The molecule has 3 rings (SSSR count). The molecule has 0 aliphatic carbocycles. The summed E-state index contributed by atoms with van der Waals surface area (Å²) in [6.07, 6.45) is -4.82. The van der Waals surface area contributed by atoms with E-state index in [2.05, 4.69) is 15.6 Å². The first-order chi connectivity index (χ1) is 14.4. The summed E-state index contributed by atoms with van der Waals surface area (Å²) < 4.78 is 60.8. The number of thioether (sulfide) groups is 1.